The highest BCUT2D eigenvalue weighted by molar-refractivity contribution is 5.70. The summed E-state index contributed by atoms with van der Waals surface area (Å²) in [6.07, 6.45) is 8.45. The first-order valence-corrected chi connectivity index (χ1v) is 7.74. The van der Waals surface area contributed by atoms with E-state index in [1.807, 2.05) is 18.2 Å². The normalized spacial score (nSPS) is 10.9. The van der Waals surface area contributed by atoms with E-state index in [1.165, 1.54) is 22.5 Å². The lowest BCUT2D eigenvalue weighted by Crippen LogP contribution is -2.28. The molecule has 1 aromatic heterocycles. The van der Waals surface area contributed by atoms with Crippen LogP contribution in [-0.2, 0) is 0 Å². The fraction of sp³-hybridized carbons (Fsp3) is 0.0952. The van der Waals surface area contributed by atoms with Gasteiger partial charge in [-0.1, -0.05) is 42.5 Å². The fourth-order valence-electron chi connectivity index (χ4n) is 2.40. The molecule has 0 saturated heterocycles. The molecule has 0 aliphatic heterocycles. The molecule has 2 aromatic carbocycles. The molecule has 0 unspecified atom stereocenters. The lowest BCUT2D eigenvalue weighted by Gasteiger charge is -2.11. The van der Waals surface area contributed by atoms with Crippen LogP contribution < -0.4 is 9.47 Å². The van der Waals surface area contributed by atoms with Gasteiger partial charge in [-0.3, -0.25) is 0 Å². The summed E-state index contributed by atoms with van der Waals surface area (Å²) in [5.74, 6) is 0. The fourth-order valence-corrected chi connectivity index (χ4v) is 2.40. The maximum atomic E-state index is 2.14. The van der Waals surface area contributed by atoms with Crippen molar-refractivity contribution < 1.29 is 4.57 Å². The Morgan fingerprint density at radius 1 is 0.696 bits per heavy atom. The van der Waals surface area contributed by atoms with E-state index in [2.05, 4.69) is 96.6 Å². The molecule has 0 radical (unpaired) electrons. The second kappa shape index (κ2) is 6.93. The molecule has 1 heterocycles. The zero-order chi connectivity index (χ0) is 16.1. The molecule has 3 rings (SSSR count). The highest BCUT2D eigenvalue weighted by Crippen LogP contribution is 2.14. The highest BCUT2D eigenvalue weighted by atomic mass is 15.1. The monoisotopic (exact) mass is 301 g/mol. The van der Waals surface area contributed by atoms with Gasteiger partial charge in [0.15, 0.2) is 12.4 Å². The minimum absolute atomic E-state index is 1.17. The molecular weight excluding hydrogens is 280 g/mol. The first-order valence-electron chi connectivity index (χ1n) is 7.74. The molecule has 0 amide bonds. The van der Waals surface area contributed by atoms with Gasteiger partial charge < -0.3 is 4.90 Å². The van der Waals surface area contributed by atoms with E-state index in [1.54, 1.807) is 0 Å². The summed E-state index contributed by atoms with van der Waals surface area (Å²) in [5, 5.41) is 0. The summed E-state index contributed by atoms with van der Waals surface area (Å²) in [5.41, 5.74) is 4.78. The number of hydrogen-bond acceptors (Lipinski definition) is 1. The Hall–Kier alpha value is -2.87. The van der Waals surface area contributed by atoms with Gasteiger partial charge in [-0.25, -0.2) is 0 Å². The number of pyridine rings is 1. The average Bonchev–Trinajstić information content (AvgIpc) is 2.61. The molecule has 2 heteroatoms. The third-order valence-electron chi connectivity index (χ3n) is 3.79. The van der Waals surface area contributed by atoms with Gasteiger partial charge >= 0.3 is 0 Å². The SMILES string of the molecule is CN(C)c1ccc(C=Cc2cc[n+](-c3ccccc3)cc2)cc1. The van der Waals surface area contributed by atoms with Gasteiger partial charge in [-0.05, 0) is 23.3 Å². The van der Waals surface area contributed by atoms with Crippen molar-refractivity contribution in [1.29, 1.82) is 0 Å². The van der Waals surface area contributed by atoms with E-state index in [0.717, 1.165) is 0 Å². The van der Waals surface area contributed by atoms with Crippen molar-refractivity contribution in [2.45, 2.75) is 0 Å². The first-order chi connectivity index (χ1) is 11.2. The Balaban J connectivity index is 1.73. The van der Waals surface area contributed by atoms with Crippen molar-refractivity contribution in [3.8, 4) is 5.69 Å². The summed E-state index contributed by atoms with van der Waals surface area (Å²) in [7, 11) is 4.10. The number of nitrogens with zero attached hydrogens (tertiary/aromatic N) is 2. The van der Waals surface area contributed by atoms with E-state index in [0.29, 0.717) is 0 Å². The van der Waals surface area contributed by atoms with E-state index < -0.39 is 0 Å². The molecule has 23 heavy (non-hydrogen) atoms. The Morgan fingerprint density at radius 2 is 1.26 bits per heavy atom. The van der Waals surface area contributed by atoms with Crippen LogP contribution in [0.25, 0.3) is 17.8 Å². The second-order valence-electron chi connectivity index (χ2n) is 5.69. The van der Waals surface area contributed by atoms with Gasteiger partial charge in [0, 0.05) is 44.0 Å². The van der Waals surface area contributed by atoms with Crippen molar-refractivity contribution in [3.63, 3.8) is 0 Å². The smallest absolute Gasteiger partial charge is 0.210 e. The molecular formula is C21H21N2+. The molecule has 0 bridgehead atoms. The lowest BCUT2D eigenvalue weighted by atomic mass is 10.1. The Bertz CT molecular complexity index is 770. The van der Waals surface area contributed by atoms with E-state index in [-0.39, 0.29) is 0 Å². The Morgan fingerprint density at radius 3 is 1.83 bits per heavy atom. The van der Waals surface area contributed by atoms with Crippen molar-refractivity contribution in [1.82, 2.24) is 0 Å². The van der Waals surface area contributed by atoms with Gasteiger partial charge in [0.1, 0.15) is 0 Å². The van der Waals surface area contributed by atoms with E-state index in [9.17, 15) is 0 Å². The maximum Gasteiger partial charge on any atom is 0.210 e. The average molecular weight is 301 g/mol. The zero-order valence-corrected chi connectivity index (χ0v) is 13.6. The zero-order valence-electron chi connectivity index (χ0n) is 13.6. The number of para-hydroxylation sites is 1. The lowest BCUT2D eigenvalue weighted by molar-refractivity contribution is -0.595. The van der Waals surface area contributed by atoms with Crippen molar-refractivity contribution in [3.05, 3.63) is 90.3 Å². The number of anilines is 1. The quantitative estimate of drug-likeness (QED) is 0.655. The van der Waals surface area contributed by atoms with Gasteiger partial charge in [0.05, 0.1) is 0 Å². The summed E-state index contributed by atoms with van der Waals surface area (Å²) in [6.45, 7) is 0. The Labute approximate surface area is 138 Å². The molecule has 0 atom stereocenters. The maximum absolute atomic E-state index is 2.14. The van der Waals surface area contributed by atoms with Crippen LogP contribution in [0.1, 0.15) is 11.1 Å². The Kier molecular flexibility index (Phi) is 4.53. The third-order valence-corrected chi connectivity index (χ3v) is 3.79. The molecule has 3 aromatic rings. The van der Waals surface area contributed by atoms with Crippen LogP contribution in [0.15, 0.2) is 79.1 Å². The predicted octanol–water partition coefficient (Wildman–Crippen LogP) is 4.20. The topological polar surface area (TPSA) is 7.12 Å². The second-order valence-corrected chi connectivity index (χ2v) is 5.69. The first kappa shape index (κ1) is 15.0. The molecule has 0 aliphatic carbocycles. The number of hydrogen-bond donors (Lipinski definition) is 0. The van der Waals surface area contributed by atoms with Crippen LogP contribution in [0.2, 0.25) is 0 Å². The van der Waals surface area contributed by atoms with E-state index >= 15 is 0 Å². The van der Waals surface area contributed by atoms with Crippen LogP contribution >= 0.6 is 0 Å². The van der Waals surface area contributed by atoms with Crippen molar-refractivity contribution in [2.24, 2.45) is 0 Å². The summed E-state index contributed by atoms with van der Waals surface area (Å²) in [6, 6.07) is 23.1. The van der Waals surface area contributed by atoms with Crippen LogP contribution in [-0.4, -0.2) is 14.1 Å². The molecule has 0 N–H and O–H groups in total. The van der Waals surface area contributed by atoms with Gasteiger partial charge in [-0.15, -0.1) is 0 Å². The summed E-state index contributed by atoms with van der Waals surface area (Å²) in [4.78, 5) is 2.10. The minimum atomic E-state index is 1.17. The van der Waals surface area contributed by atoms with Crippen LogP contribution in [0, 0.1) is 0 Å². The number of aromatic nitrogens is 1. The molecule has 0 aliphatic rings. The van der Waals surface area contributed by atoms with Crippen LogP contribution in [0.3, 0.4) is 0 Å². The highest BCUT2D eigenvalue weighted by Gasteiger charge is 2.02. The molecule has 0 saturated carbocycles. The summed E-state index contributed by atoms with van der Waals surface area (Å²) >= 11 is 0. The minimum Gasteiger partial charge on any atom is -0.378 e. The standard InChI is InChI=1S/C21H21N2/c1-22(2)20-12-10-18(11-13-20)8-9-19-14-16-23(17-15-19)21-6-4-3-5-7-21/h3-17H,1-2H3/q+1. The number of benzene rings is 2. The molecule has 2 nitrogen and oxygen atoms in total. The molecule has 114 valence electrons. The van der Waals surface area contributed by atoms with Crippen LogP contribution in [0.5, 0.6) is 0 Å². The predicted molar refractivity (Wildman–Crippen MR) is 97.7 cm³/mol. The third kappa shape index (κ3) is 3.86. The van der Waals surface area contributed by atoms with E-state index in [4.69, 9.17) is 0 Å². The van der Waals surface area contributed by atoms with Gasteiger partial charge in [0.2, 0.25) is 5.69 Å². The van der Waals surface area contributed by atoms with Gasteiger partial charge in [0.25, 0.3) is 0 Å². The molecule has 0 fully saturated rings. The van der Waals surface area contributed by atoms with Crippen LogP contribution in [0.4, 0.5) is 5.69 Å². The van der Waals surface area contributed by atoms with Crippen molar-refractivity contribution in [2.75, 3.05) is 19.0 Å². The molecule has 0 spiro atoms. The number of rotatable bonds is 4. The van der Waals surface area contributed by atoms with Gasteiger partial charge in [-0.2, -0.15) is 4.57 Å². The van der Waals surface area contributed by atoms with Crippen molar-refractivity contribution >= 4 is 17.8 Å². The largest absolute Gasteiger partial charge is 0.378 e. The summed E-state index contributed by atoms with van der Waals surface area (Å²) < 4.78 is 2.11.